The lowest BCUT2D eigenvalue weighted by Crippen LogP contribution is -2.42. The molecule has 0 aliphatic carbocycles. The molecule has 0 radical (unpaired) electrons. The van der Waals surface area contributed by atoms with Crippen LogP contribution in [0.15, 0.2) is 18.2 Å². The Morgan fingerprint density at radius 2 is 2.15 bits per heavy atom. The number of carbonyl (C=O) groups is 1. The molecule has 1 amide bonds. The predicted molar refractivity (Wildman–Crippen MR) is 74.6 cm³/mol. The van der Waals surface area contributed by atoms with Crippen LogP contribution in [0.3, 0.4) is 0 Å². The van der Waals surface area contributed by atoms with E-state index in [-0.39, 0.29) is 17.3 Å². The molecule has 0 spiro atoms. The number of carbonyl (C=O) groups excluding carboxylic acids is 1. The molecule has 0 saturated carbocycles. The number of halogens is 2. The average molecular weight is 321 g/mol. The Balaban J connectivity index is 2.00. The topological polar surface area (TPSA) is 66.5 Å². The van der Waals surface area contributed by atoms with Gasteiger partial charge in [0.2, 0.25) is 15.9 Å². The van der Waals surface area contributed by atoms with Gasteiger partial charge in [0.15, 0.2) is 0 Å². The van der Waals surface area contributed by atoms with Crippen molar-refractivity contribution >= 4 is 33.2 Å². The summed E-state index contributed by atoms with van der Waals surface area (Å²) < 4.78 is 37.6. The van der Waals surface area contributed by atoms with Crippen molar-refractivity contribution in [1.29, 1.82) is 0 Å². The zero-order chi connectivity index (χ0) is 14.8. The molecule has 110 valence electrons. The quantitative estimate of drug-likeness (QED) is 0.924. The van der Waals surface area contributed by atoms with Gasteiger partial charge in [-0.2, -0.15) is 4.31 Å². The largest absolute Gasteiger partial charge is 0.325 e. The molecule has 0 bridgehead atoms. The van der Waals surface area contributed by atoms with Crippen LogP contribution >= 0.6 is 11.6 Å². The first kappa shape index (κ1) is 15.2. The van der Waals surface area contributed by atoms with Crippen LogP contribution in [0.5, 0.6) is 0 Å². The summed E-state index contributed by atoms with van der Waals surface area (Å²) in [6.45, 7) is 0.108. The van der Waals surface area contributed by atoms with Gasteiger partial charge in [0.05, 0.1) is 17.3 Å². The fourth-order valence-electron chi connectivity index (χ4n) is 1.95. The van der Waals surface area contributed by atoms with E-state index in [1.54, 1.807) is 0 Å². The van der Waals surface area contributed by atoms with Gasteiger partial charge >= 0.3 is 0 Å². The third kappa shape index (κ3) is 3.68. The number of anilines is 1. The van der Waals surface area contributed by atoms with Gasteiger partial charge in [-0.3, -0.25) is 4.79 Å². The zero-order valence-corrected chi connectivity index (χ0v) is 12.2. The summed E-state index contributed by atoms with van der Waals surface area (Å²) in [6, 6.07) is 3.78. The van der Waals surface area contributed by atoms with Crippen molar-refractivity contribution in [2.75, 3.05) is 24.2 Å². The number of amides is 1. The molecule has 8 heteroatoms. The van der Waals surface area contributed by atoms with Crippen molar-refractivity contribution in [2.45, 2.75) is 12.8 Å². The molecule has 2 rings (SSSR count). The van der Waals surface area contributed by atoms with Crippen LogP contribution in [-0.4, -0.2) is 37.5 Å². The maximum atomic E-state index is 13.0. The molecule has 1 fully saturated rings. The van der Waals surface area contributed by atoms with Crippen molar-refractivity contribution in [3.05, 3.63) is 29.0 Å². The Labute approximate surface area is 121 Å². The monoisotopic (exact) mass is 320 g/mol. The average Bonchev–Trinajstić information content (AvgIpc) is 2.36. The maximum Gasteiger partial charge on any atom is 0.239 e. The van der Waals surface area contributed by atoms with Crippen molar-refractivity contribution in [3.63, 3.8) is 0 Å². The van der Waals surface area contributed by atoms with Gasteiger partial charge in [0.25, 0.3) is 0 Å². The van der Waals surface area contributed by atoms with Gasteiger partial charge in [-0.1, -0.05) is 11.6 Å². The van der Waals surface area contributed by atoms with E-state index in [0.29, 0.717) is 18.7 Å². The third-order valence-corrected chi connectivity index (χ3v) is 5.17. The Morgan fingerprint density at radius 3 is 2.80 bits per heavy atom. The molecule has 20 heavy (non-hydrogen) atoms. The second-order valence-electron chi connectivity index (χ2n) is 4.53. The molecule has 1 saturated heterocycles. The first-order chi connectivity index (χ1) is 9.38. The summed E-state index contributed by atoms with van der Waals surface area (Å²) in [7, 11) is -3.34. The first-order valence-electron chi connectivity index (χ1n) is 6.11. The summed E-state index contributed by atoms with van der Waals surface area (Å²) in [5, 5.41) is 2.40. The standard InChI is InChI=1S/C12H14ClFN2O3S/c13-10-7-9(3-4-11(10)14)15-12(17)8-16-5-1-2-6-20(16,18)19/h3-4,7H,1-2,5-6,8H2,(H,15,17). The second-order valence-corrected chi connectivity index (χ2v) is 7.03. The normalized spacial score (nSPS) is 18.7. The highest BCUT2D eigenvalue weighted by Gasteiger charge is 2.27. The Hall–Kier alpha value is -1.18. The van der Waals surface area contributed by atoms with Gasteiger partial charge < -0.3 is 5.32 Å². The lowest BCUT2D eigenvalue weighted by Gasteiger charge is -2.25. The Bertz CT molecular complexity index is 621. The number of rotatable bonds is 3. The van der Waals surface area contributed by atoms with Gasteiger partial charge in [-0.15, -0.1) is 0 Å². The number of benzene rings is 1. The van der Waals surface area contributed by atoms with Gasteiger partial charge in [0, 0.05) is 12.2 Å². The Kier molecular flexibility index (Phi) is 4.62. The first-order valence-corrected chi connectivity index (χ1v) is 8.10. The van der Waals surface area contributed by atoms with Crippen molar-refractivity contribution in [1.82, 2.24) is 4.31 Å². The smallest absolute Gasteiger partial charge is 0.239 e. The van der Waals surface area contributed by atoms with E-state index in [1.807, 2.05) is 0 Å². The molecule has 0 unspecified atom stereocenters. The summed E-state index contributed by atoms with van der Waals surface area (Å²) >= 11 is 5.60. The van der Waals surface area contributed by atoms with Crippen molar-refractivity contribution < 1.29 is 17.6 Å². The SMILES string of the molecule is O=C(CN1CCCCS1(=O)=O)Nc1ccc(F)c(Cl)c1. The lowest BCUT2D eigenvalue weighted by molar-refractivity contribution is -0.116. The summed E-state index contributed by atoms with van der Waals surface area (Å²) in [6.07, 6.45) is 1.36. The number of sulfonamides is 1. The third-order valence-electron chi connectivity index (χ3n) is 2.98. The van der Waals surface area contributed by atoms with E-state index in [1.165, 1.54) is 12.1 Å². The van der Waals surface area contributed by atoms with E-state index < -0.39 is 21.7 Å². The molecule has 1 aliphatic heterocycles. The molecule has 1 aromatic rings. The summed E-state index contributed by atoms with van der Waals surface area (Å²) in [5.41, 5.74) is 0.329. The van der Waals surface area contributed by atoms with Gasteiger partial charge in [-0.25, -0.2) is 12.8 Å². The molecule has 1 aliphatic rings. The van der Waals surface area contributed by atoms with Crippen LogP contribution in [0.4, 0.5) is 10.1 Å². The summed E-state index contributed by atoms with van der Waals surface area (Å²) in [5.74, 6) is -0.982. The van der Waals surface area contributed by atoms with E-state index in [9.17, 15) is 17.6 Å². The van der Waals surface area contributed by atoms with E-state index in [4.69, 9.17) is 11.6 Å². The highest BCUT2D eigenvalue weighted by molar-refractivity contribution is 7.89. The van der Waals surface area contributed by atoms with Crippen molar-refractivity contribution in [2.24, 2.45) is 0 Å². The van der Waals surface area contributed by atoms with Crippen LogP contribution in [0.25, 0.3) is 0 Å². The van der Waals surface area contributed by atoms with Crippen LogP contribution in [0.1, 0.15) is 12.8 Å². The van der Waals surface area contributed by atoms with Crippen molar-refractivity contribution in [3.8, 4) is 0 Å². The van der Waals surface area contributed by atoms with Crippen LogP contribution in [0.2, 0.25) is 5.02 Å². The van der Waals surface area contributed by atoms with E-state index in [0.717, 1.165) is 16.8 Å². The fourth-order valence-corrected chi connectivity index (χ4v) is 3.68. The molecule has 5 nitrogen and oxygen atoms in total. The number of hydrogen-bond donors (Lipinski definition) is 1. The zero-order valence-electron chi connectivity index (χ0n) is 10.6. The minimum absolute atomic E-state index is 0.0721. The molecule has 0 atom stereocenters. The molecule has 1 heterocycles. The van der Waals surface area contributed by atoms with Gasteiger partial charge in [-0.05, 0) is 31.0 Å². The lowest BCUT2D eigenvalue weighted by atomic mass is 10.3. The minimum atomic E-state index is -3.34. The maximum absolute atomic E-state index is 13.0. The molecular formula is C12H14ClFN2O3S. The molecule has 0 aromatic heterocycles. The summed E-state index contributed by atoms with van der Waals surface area (Å²) in [4.78, 5) is 11.8. The molecular weight excluding hydrogens is 307 g/mol. The highest BCUT2D eigenvalue weighted by atomic mass is 35.5. The number of nitrogens with zero attached hydrogens (tertiary/aromatic N) is 1. The van der Waals surface area contributed by atoms with Crippen LogP contribution in [0, 0.1) is 5.82 Å². The van der Waals surface area contributed by atoms with Crippen LogP contribution in [-0.2, 0) is 14.8 Å². The molecule has 1 aromatic carbocycles. The Morgan fingerprint density at radius 1 is 1.40 bits per heavy atom. The number of hydrogen-bond acceptors (Lipinski definition) is 3. The minimum Gasteiger partial charge on any atom is -0.325 e. The van der Waals surface area contributed by atoms with E-state index in [2.05, 4.69) is 5.32 Å². The van der Waals surface area contributed by atoms with Gasteiger partial charge in [0.1, 0.15) is 5.82 Å². The predicted octanol–water partition coefficient (Wildman–Crippen LogP) is 1.84. The van der Waals surface area contributed by atoms with E-state index >= 15 is 0 Å². The fraction of sp³-hybridized carbons (Fsp3) is 0.417. The number of nitrogens with one attached hydrogen (secondary N) is 1. The second kappa shape index (κ2) is 6.07. The van der Waals surface area contributed by atoms with Crippen LogP contribution < -0.4 is 5.32 Å². The molecule has 1 N–H and O–H groups in total. The highest BCUT2D eigenvalue weighted by Crippen LogP contribution is 2.19.